The molecular weight excluding hydrogens is 176 g/mol. The molecule has 2 unspecified atom stereocenters. The Bertz CT molecular complexity index is 208. The summed E-state index contributed by atoms with van der Waals surface area (Å²) in [5.41, 5.74) is 5.73. The molecule has 3 nitrogen and oxygen atoms in total. The van der Waals surface area contributed by atoms with Gasteiger partial charge < -0.3 is 11.1 Å². The van der Waals surface area contributed by atoms with E-state index in [1.807, 2.05) is 6.92 Å². The molecule has 3 heteroatoms. The Morgan fingerprint density at radius 3 is 2.79 bits per heavy atom. The maximum absolute atomic E-state index is 11.4. The van der Waals surface area contributed by atoms with E-state index in [-0.39, 0.29) is 18.0 Å². The van der Waals surface area contributed by atoms with Crippen molar-refractivity contribution in [2.24, 2.45) is 5.73 Å². The van der Waals surface area contributed by atoms with Crippen LogP contribution in [0.2, 0.25) is 0 Å². The summed E-state index contributed by atoms with van der Waals surface area (Å²) in [5.74, 6) is 2.50. The van der Waals surface area contributed by atoms with E-state index in [1.165, 1.54) is 0 Å². The number of nitrogens with one attached hydrogen (secondary N) is 1. The Balaban J connectivity index is 3.70. The van der Waals surface area contributed by atoms with E-state index in [0.717, 1.165) is 12.8 Å². The molecule has 0 aromatic rings. The lowest BCUT2D eigenvalue weighted by atomic mass is 10.1. The fraction of sp³-hybridized carbons (Fsp3) is 0.727. The molecule has 1 amide bonds. The van der Waals surface area contributed by atoms with Gasteiger partial charge in [0.15, 0.2) is 0 Å². The minimum absolute atomic E-state index is 0.00583. The molecule has 0 aliphatic carbocycles. The first kappa shape index (κ1) is 13.0. The van der Waals surface area contributed by atoms with Gasteiger partial charge >= 0.3 is 0 Å². The molecule has 0 radical (unpaired) electrons. The number of amides is 1. The lowest BCUT2D eigenvalue weighted by Crippen LogP contribution is -2.36. The summed E-state index contributed by atoms with van der Waals surface area (Å²) >= 11 is 0. The number of rotatable bonds is 6. The fourth-order valence-corrected chi connectivity index (χ4v) is 1.27. The quantitative estimate of drug-likeness (QED) is 0.623. The first-order valence-corrected chi connectivity index (χ1v) is 5.08. The normalized spacial score (nSPS) is 14.1. The van der Waals surface area contributed by atoms with Crippen LogP contribution in [0.3, 0.4) is 0 Å². The second-order valence-corrected chi connectivity index (χ2v) is 3.63. The minimum atomic E-state index is -0.0296. The van der Waals surface area contributed by atoms with Gasteiger partial charge in [0.1, 0.15) is 0 Å². The average Bonchev–Trinajstić information content (AvgIpc) is 2.03. The molecule has 0 spiro atoms. The van der Waals surface area contributed by atoms with Crippen LogP contribution in [0.4, 0.5) is 0 Å². The SMILES string of the molecule is C#CCC(C)NC(=O)CC(N)CCC. The zero-order valence-corrected chi connectivity index (χ0v) is 9.05. The smallest absolute Gasteiger partial charge is 0.221 e. The summed E-state index contributed by atoms with van der Waals surface area (Å²) < 4.78 is 0. The summed E-state index contributed by atoms with van der Waals surface area (Å²) in [6, 6.07) is 0.0133. The highest BCUT2D eigenvalue weighted by molar-refractivity contribution is 5.76. The summed E-state index contributed by atoms with van der Waals surface area (Å²) in [4.78, 5) is 11.4. The first-order valence-electron chi connectivity index (χ1n) is 5.08. The monoisotopic (exact) mass is 196 g/mol. The molecule has 2 atom stereocenters. The van der Waals surface area contributed by atoms with Crippen molar-refractivity contribution in [1.82, 2.24) is 5.32 Å². The molecule has 0 aliphatic rings. The first-order chi connectivity index (χ1) is 6.60. The van der Waals surface area contributed by atoms with Gasteiger partial charge in [-0.2, -0.15) is 0 Å². The van der Waals surface area contributed by atoms with Crippen LogP contribution in [0.25, 0.3) is 0 Å². The topological polar surface area (TPSA) is 55.1 Å². The molecule has 0 bridgehead atoms. The zero-order chi connectivity index (χ0) is 11.0. The number of hydrogen-bond acceptors (Lipinski definition) is 2. The molecule has 0 saturated heterocycles. The second kappa shape index (κ2) is 7.40. The van der Waals surface area contributed by atoms with Gasteiger partial charge in [-0.15, -0.1) is 12.3 Å². The van der Waals surface area contributed by atoms with Crippen LogP contribution in [-0.4, -0.2) is 18.0 Å². The highest BCUT2D eigenvalue weighted by atomic mass is 16.1. The largest absolute Gasteiger partial charge is 0.353 e. The van der Waals surface area contributed by atoms with Crippen molar-refractivity contribution in [2.75, 3.05) is 0 Å². The van der Waals surface area contributed by atoms with Gasteiger partial charge in [0.05, 0.1) is 0 Å². The molecule has 0 heterocycles. The van der Waals surface area contributed by atoms with E-state index in [4.69, 9.17) is 12.2 Å². The molecule has 80 valence electrons. The van der Waals surface area contributed by atoms with Crippen molar-refractivity contribution in [2.45, 2.75) is 51.6 Å². The van der Waals surface area contributed by atoms with Gasteiger partial charge in [-0.25, -0.2) is 0 Å². The molecular formula is C11H20N2O. The van der Waals surface area contributed by atoms with E-state index in [0.29, 0.717) is 12.8 Å². The van der Waals surface area contributed by atoms with Crippen LogP contribution < -0.4 is 11.1 Å². The predicted octanol–water partition coefficient (Wildman–Crippen LogP) is 1.03. The molecule has 0 aromatic carbocycles. The fourth-order valence-electron chi connectivity index (χ4n) is 1.27. The Kier molecular flexibility index (Phi) is 6.87. The molecule has 0 rings (SSSR count). The van der Waals surface area contributed by atoms with E-state index < -0.39 is 0 Å². The summed E-state index contributed by atoms with van der Waals surface area (Å²) in [6.45, 7) is 3.95. The van der Waals surface area contributed by atoms with E-state index in [9.17, 15) is 4.79 Å². The number of terminal acetylenes is 1. The molecule has 0 fully saturated rings. The van der Waals surface area contributed by atoms with Gasteiger partial charge in [-0.3, -0.25) is 4.79 Å². The molecule has 0 aliphatic heterocycles. The number of hydrogen-bond donors (Lipinski definition) is 2. The molecule has 0 saturated carbocycles. The Morgan fingerprint density at radius 2 is 2.29 bits per heavy atom. The number of nitrogens with two attached hydrogens (primary N) is 1. The maximum Gasteiger partial charge on any atom is 0.221 e. The highest BCUT2D eigenvalue weighted by Crippen LogP contribution is 1.99. The van der Waals surface area contributed by atoms with Crippen LogP contribution in [0.5, 0.6) is 0 Å². The highest BCUT2D eigenvalue weighted by Gasteiger charge is 2.10. The van der Waals surface area contributed by atoms with E-state index in [1.54, 1.807) is 0 Å². The van der Waals surface area contributed by atoms with Crippen molar-refractivity contribution in [3.05, 3.63) is 0 Å². The van der Waals surface area contributed by atoms with E-state index >= 15 is 0 Å². The minimum Gasteiger partial charge on any atom is -0.353 e. The Labute approximate surface area is 86.4 Å². The molecule has 0 aromatic heterocycles. The second-order valence-electron chi connectivity index (χ2n) is 3.63. The van der Waals surface area contributed by atoms with Crippen LogP contribution in [-0.2, 0) is 4.79 Å². The lowest BCUT2D eigenvalue weighted by molar-refractivity contribution is -0.122. The summed E-state index contributed by atoms with van der Waals surface area (Å²) in [6.07, 6.45) is 7.98. The average molecular weight is 196 g/mol. The number of carbonyl (C=O) groups is 1. The van der Waals surface area contributed by atoms with Gasteiger partial charge in [0.2, 0.25) is 5.91 Å². The molecule has 14 heavy (non-hydrogen) atoms. The summed E-state index contributed by atoms with van der Waals surface area (Å²) in [5, 5.41) is 2.81. The Morgan fingerprint density at radius 1 is 1.64 bits per heavy atom. The van der Waals surface area contributed by atoms with Gasteiger partial charge in [-0.1, -0.05) is 13.3 Å². The van der Waals surface area contributed by atoms with Crippen LogP contribution in [0.15, 0.2) is 0 Å². The van der Waals surface area contributed by atoms with Crippen molar-refractivity contribution in [3.63, 3.8) is 0 Å². The van der Waals surface area contributed by atoms with Crippen LogP contribution >= 0.6 is 0 Å². The van der Waals surface area contributed by atoms with Crippen molar-refractivity contribution in [3.8, 4) is 12.3 Å². The van der Waals surface area contributed by atoms with E-state index in [2.05, 4.69) is 18.2 Å². The number of carbonyl (C=O) groups excluding carboxylic acids is 1. The third-order valence-corrected chi connectivity index (χ3v) is 1.94. The van der Waals surface area contributed by atoms with Gasteiger partial charge in [-0.05, 0) is 13.3 Å². The summed E-state index contributed by atoms with van der Waals surface area (Å²) in [7, 11) is 0. The van der Waals surface area contributed by atoms with Crippen molar-refractivity contribution < 1.29 is 4.79 Å². The van der Waals surface area contributed by atoms with Crippen LogP contribution in [0.1, 0.15) is 39.5 Å². The standard InChI is InChI=1S/C11H20N2O/c1-4-6-9(3)13-11(14)8-10(12)7-5-2/h1,9-10H,5-8,12H2,2-3H3,(H,13,14). The third kappa shape index (κ3) is 6.50. The van der Waals surface area contributed by atoms with Gasteiger partial charge in [0.25, 0.3) is 0 Å². The zero-order valence-electron chi connectivity index (χ0n) is 9.05. The van der Waals surface area contributed by atoms with Crippen molar-refractivity contribution in [1.29, 1.82) is 0 Å². The van der Waals surface area contributed by atoms with Crippen molar-refractivity contribution >= 4 is 5.91 Å². The predicted molar refractivity (Wildman–Crippen MR) is 58.6 cm³/mol. The lowest BCUT2D eigenvalue weighted by Gasteiger charge is -2.13. The Hall–Kier alpha value is -1.01. The van der Waals surface area contributed by atoms with Crippen LogP contribution in [0, 0.1) is 12.3 Å². The molecule has 3 N–H and O–H groups in total. The third-order valence-electron chi connectivity index (χ3n) is 1.94. The van der Waals surface area contributed by atoms with Gasteiger partial charge in [0, 0.05) is 24.9 Å². The maximum atomic E-state index is 11.4.